The number of halogens is 1. The predicted octanol–water partition coefficient (Wildman–Crippen LogP) is 1.63. The molecule has 1 aromatic rings. The largest absolute Gasteiger partial charge is 0.356 e. The lowest BCUT2D eigenvalue weighted by molar-refractivity contribution is -0.125. The van der Waals surface area contributed by atoms with Crippen LogP contribution >= 0.6 is 15.9 Å². The molecule has 0 spiro atoms. The fraction of sp³-hybridized carbons (Fsp3) is 0.462. The standard InChI is InChI=1S/C13H17BrN2O/c1-2-16-13(17)10-7-9-8(6-12(10)15)4-3-5-11(9)14/h3-5,10,12H,2,6-7,15H2,1H3,(H,16,17). The highest BCUT2D eigenvalue weighted by Gasteiger charge is 2.31. The van der Waals surface area contributed by atoms with Gasteiger partial charge in [0, 0.05) is 17.1 Å². The van der Waals surface area contributed by atoms with Gasteiger partial charge in [-0.05, 0) is 37.0 Å². The minimum absolute atomic E-state index is 0.0707. The van der Waals surface area contributed by atoms with E-state index in [1.165, 1.54) is 11.1 Å². The van der Waals surface area contributed by atoms with Crippen molar-refractivity contribution in [1.82, 2.24) is 5.32 Å². The van der Waals surface area contributed by atoms with E-state index >= 15 is 0 Å². The summed E-state index contributed by atoms with van der Waals surface area (Å²) in [6.45, 7) is 2.58. The molecule has 0 radical (unpaired) electrons. The Morgan fingerprint density at radius 2 is 2.29 bits per heavy atom. The molecular formula is C13H17BrN2O. The van der Waals surface area contributed by atoms with Crippen LogP contribution in [0.2, 0.25) is 0 Å². The number of carbonyl (C=O) groups excluding carboxylic acids is 1. The van der Waals surface area contributed by atoms with E-state index in [9.17, 15) is 4.79 Å². The summed E-state index contributed by atoms with van der Waals surface area (Å²) in [7, 11) is 0. The normalized spacial score (nSPS) is 23.0. The quantitative estimate of drug-likeness (QED) is 0.871. The second-order valence-electron chi connectivity index (χ2n) is 4.45. The smallest absolute Gasteiger partial charge is 0.225 e. The molecular weight excluding hydrogens is 280 g/mol. The van der Waals surface area contributed by atoms with Crippen molar-refractivity contribution in [3.05, 3.63) is 33.8 Å². The molecule has 4 heteroatoms. The van der Waals surface area contributed by atoms with Gasteiger partial charge in [0.15, 0.2) is 0 Å². The fourth-order valence-electron chi connectivity index (χ4n) is 2.38. The minimum atomic E-state index is -0.110. The maximum atomic E-state index is 11.9. The van der Waals surface area contributed by atoms with Crippen molar-refractivity contribution in [3.8, 4) is 0 Å². The summed E-state index contributed by atoms with van der Waals surface area (Å²) in [4.78, 5) is 11.9. The average Bonchev–Trinajstić information content (AvgIpc) is 2.29. The zero-order valence-electron chi connectivity index (χ0n) is 9.87. The van der Waals surface area contributed by atoms with Crippen LogP contribution in [0.4, 0.5) is 0 Å². The first-order valence-corrected chi connectivity index (χ1v) is 6.72. The van der Waals surface area contributed by atoms with Gasteiger partial charge in [0.05, 0.1) is 5.92 Å². The van der Waals surface area contributed by atoms with Crippen molar-refractivity contribution in [2.45, 2.75) is 25.8 Å². The molecule has 17 heavy (non-hydrogen) atoms. The summed E-state index contributed by atoms with van der Waals surface area (Å²) in [5, 5.41) is 2.86. The number of nitrogens with two attached hydrogens (primary N) is 1. The van der Waals surface area contributed by atoms with Crippen LogP contribution in [0.15, 0.2) is 22.7 Å². The van der Waals surface area contributed by atoms with Gasteiger partial charge in [-0.15, -0.1) is 0 Å². The maximum Gasteiger partial charge on any atom is 0.225 e. The van der Waals surface area contributed by atoms with Gasteiger partial charge < -0.3 is 11.1 Å². The van der Waals surface area contributed by atoms with Crippen molar-refractivity contribution >= 4 is 21.8 Å². The molecule has 0 fully saturated rings. The predicted molar refractivity (Wildman–Crippen MR) is 71.7 cm³/mol. The molecule has 0 heterocycles. The Morgan fingerprint density at radius 1 is 1.53 bits per heavy atom. The number of amides is 1. The molecule has 1 aliphatic rings. The first kappa shape index (κ1) is 12.6. The summed E-state index contributed by atoms with van der Waals surface area (Å²) in [5.74, 6) is -0.0393. The van der Waals surface area contributed by atoms with Gasteiger partial charge in [-0.25, -0.2) is 0 Å². The Labute approximate surface area is 110 Å². The number of nitrogens with one attached hydrogen (secondary N) is 1. The molecule has 0 saturated heterocycles. The van der Waals surface area contributed by atoms with E-state index in [0.29, 0.717) is 6.54 Å². The summed E-state index contributed by atoms with van der Waals surface area (Å²) >= 11 is 3.55. The van der Waals surface area contributed by atoms with Crippen molar-refractivity contribution in [1.29, 1.82) is 0 Å². The number of carbonyl (C=O) groups is 1. The third-order valence-corrected chi connectivity index (χ3v) is 4.04. The number of hydrogen-bond donors (Lipinski definition) is 2. The van der Waals surface area contributed by atoms with Gasteiger partial charge >= 0.3 is 0 Å². The van der Waals surface area contributed by atoms with Crippen LogP contribution in [-0.4, -0.2) is 18.5 Å². The van der Waals surface area contributed by atoms with E-state index in [0.717, 1.165) is 17.3 Å². The molecule has 3 nitrogen and oxygen atoms in total. The first-order chi connectivity index (χ1) is 8.13. The van der Waals surface area contributed by atoms with Crippen LogP contribution in [-0.2, 0) is 17.6 Å². The molecule has 2 unspecified atom stereocenters. The van der Waals surface area contributed by atoms with Crippen molar-refractivity contribution in [3.63, 3.8) is 0 Å². The van der Waals surface area contributed by atoms with Crippen molar-refractivity contribution < 1.29 is 4.79 Å². The zero-order valence-corrected chi connectivity index (χ0v) is 11.5. The second-order valence-corrected chi connectivity index (χ2v) is 5.31. The second kappa shape index (κ2) is 5.19. The van der Waals surface area contributed by atoms with Gasteiger partial charge in [-0.2, -0.15) is 0 Å². The topological polar surface area (TPSA) is 55.1 Å². The Balaban J connectivity index is 2.25. The zero-order chi connectivity index (χ0) is 12.4. The van der Waals surface area contributed by atoms with Crippen molar-refractivity contribution in [2.24, 2.45) is 11.7 Å². The minimum Gasteiger partial charge on any atom is -0.356 e. The van der Waals surface area contributed by atoms with Crippen LogP contribution < -0.4 is 11.1 Å². The van der Waals surface area contributed by atoms with Gasteiger partial charge in [0.1, 0.15) is 0 Å². The molecule has 2 atom stereocenters. The van der Waals surface area contributed by atoms with E-state index in [2.05, 4.69) is 27.3 Å². The molecule has 3 N–H and O–H groups in total. The first-order valence-electron chi connectivity index (χ1n) is 5.93. The molecule has 1 aromatic carbocycles. The molecule has 1 aliphatic carbocycles. The van der Waals surface area contributed by atoms with Crippen LogP contribution in [0.3, 0.4) is 0 Å². The highest BCUT2D eigenvalue weighted by atomic mass is 79.9. The van der Waals surface area contributed by atoms with Crippen LogP contribution in [0, 0.1) is 5.92 Å². The summed E-state index contributed by atoms with van der Waals surface area (Å²) in [5.41, 5.74) is 8.58. The Bertz CT molecular complexity index is 433. The number of fused-ring (bicyclic) bond motifs is 1. The van der Waals surface area contributed by atoms with E-state index in [4.69, 9.17) is 5.73 Å². The lowest BCUT2D eigenvalue weighted by Crippen LogP contribution is -2.46. The lowest BCUT2D eigenvalue weighted by atomic mass is 9.80. The van der Waals surface area contributed by atoms with Gasteiger partial charge in [-0.1, -0.05) is 28.1 Å². The molecule has 0 saturated carbocycles. The van der Waals surface area contributed by atoms with E-state index in [-0.39, 0.29) is 17.9 Å². The number of benzene rings is 1. The molecule has 2 rings (SSSR count). The van der Waals surface area contributed by atoms with Crippen molar-refractivity contribution in [2.75, 3.05) is 6.54 Å². The Kier molecular flexibility index (Phi) is 3.84. The summed E-state index contributed by atoms with van der Waals surface area (Å²) < 4.78 is 1.08. The number of hydrogen-bond acceptors (Lipinski definition) is 2. The number of rotatable bonds is 2. The summed E-state index contributed by atoms with van der Waals surface area (Å²) in [6, 6.07) is 6.05. The summed E-state index contributed by atoms with van der Waals surface area (Å²) in [6.07, 6.45) is 1.50. The highest BCUT2D eigenvalue weighted by Crippen LogP contribution is 2.30. The van der Waals surface area contributed by atoms with E-state index < -0.39 is 0 Å². The van der Waals surface area contributed by atoms with Crippen LogP contribution in [0.1, 0.15) is 18.1 Å². The molecule has 0 aliphatic heterocycles. The molecule has 1 amide bonds. The van der Waals surface area contributed by atoms with Crippen LogP contribution in [0.25, 0.3) is 0 Å². The maximum absolute atomic E-state index is 11.9. The van der Waals surface area contributed by atoms with Crippen LogP contribution in [0.5, 0.6) is 0 Å². The van der Waals surface area contributed by atoms with Gasteiger partial charge in [0.2, 0.25) is 5.91 Å². The monoisotopic (exact) mass is 296 g/mol. The highest BCUT2D eigenvalue weighted by molar-refractivity contribution is 9.10. The molecule has 0 aromatic heterocycles. The lowest BCUT2D eigenvalue weighted by Gasteiger charge is -2.30. The Hall–Kier alpha value is -0.870. The van der Waals surface area contributed by atoms with E-state index in [1.807, 2.05) is 19.1 Å². The third-order valence-electron chi connectivity index (χ3n) is 3.30. The Morgan fingerprint density at radius 3 is 3.00 bits per heavy atom. The van der Waals surface area contributed by atoms with E-state index in [1.54, 1.807) is 0 Å². The third kappa shape index (κ3) is 2.53. The molecule has 92 valence electrons. The fourth-order valence-corrected chi connectivity index (χ4v) is 2.95. The van der Waals surface area contributed by atoms with Gasteiger partial charge in [0.25, 0.3) is 0 Å². The average molecular weight is 297 g/mol. The molecule has 0 bridgehead atoms. The van der Waals surface area contributed by atoms with Gasteiger partial charge in [-0.3, -0.25) is 4.79 Å². The SMILES string of the molecule is CCNC(=O)C1Cc2c(Br)cccc2CC1N.